The number of nitrogens with zero attached hydrogens (tertiary/aromatic N) is 2. The van der Waals surface area contributed by atoms with E-state index in [2.05, 4.69) is 20.6 Å². The Hall–Kier alpha value is -2.02. The topological polar surface area (TPSA) is 66.9 Å². The van der Waals surface area contributed by atoms with Gasteiger partial charge in [0.25, 0.3) is 5.91 Å². The highest BCUT2D eigenvalue weighted by atomic mass is 32.1. The lowest BCUT2D eigenvalue weighted by Gasteiger charge is -2.06. The van der Waals surface area contributed by atoms with Crippen molar-refractivity contribution in [1.82, 2.24) is 9.97 Å². The molecule has 0 saturated carbocycles. The molecule has 5 nitrogen and oxygen atoms in total. The lowest BCUT2D eigenvalue weighted by Crippen LogP contribution is -2.15. The molecule has 0 aliphatic rings. The number of carbonyl (C=O) groups excluding carboxylic acids is 1. The molecule has 0 radical (unpaired) electrons. The number of amides is 1. The minimum atomic E-state index is -0.675. The molecule has 0 atom stereocenters. The fourth-order valence-electron chi connectivity index (χ4n) is 1.37. The van der Waals surface area contributed by atoms with Crippen LogP contribution in [0.1, 0.15) is 16.1 Å². The second-order valence-electron chi connectivity index (χ2n) is 3.52. The van der Waals surface area contributed by atoms with Crippen LogP contribution in [0.3, 0.4) is 0 Å². The minimum Gasteiger partial charge on any atom is -0.371 e. The Labute approximate surface area is 107 Å². The zero-order chi connectivity index (χ0) is 13.1. The highest BCUT2D eigenvalue weighted by molar-refractivity contribution is 7.13. The van der Waals surface area contributed by atoms with E-state index in [4.69, 9.17) is 0 Å². The first-order valence-electron chi connectivity index (χ1n) is 5.17. The molecule has 0 unspecified atom stereocenters. The first-order valence-corrected chi connectivity index (χ1v) is 6.05. The maximum absolute atomic E-state index is 13.8. The Balaban J connectivity index is 2.24. The zero-order valence-corrected chi connectivity index (χ0v) is 10.6. The van der Waals surface area contributed by atoms with Crippen molar-refractivity contribution >= 4 is 28.2 Å². The third-order valence-electron chi connectivity index (χ3n) is 2.21. The number of aromatic nitrogens is 2. The molecule has 1 amide bonds. The van der Waals surface area contributed by atoms with Crippen molar-refractivity contribution in [3.63, 3.8) is 0 Å². The molecule has 0 saturated heterocycles. The van der Waals surface area contributed by atoms with Gasteiger partial charge >= 0.3 is 0 Å². The van der Waals surface area contributed by atoms with Crippen LogP contribution in [0.15, 0.2) is 17.6 Å². The summed E-state index contributed by atoms with van der Waals surface area (Å²) in [5, 5.41) is 7.37. The Kier molecular flexibility index (Phi) is 3.52. The van der Waals surface area contributed by atoms with E-state index in [1.807, 2.05) is 6.92 Å². The molecule has 0 spiro atoms. The van der Waals surface area contributed by atoms with E-state index >= 15 is 0 Å². The van der Waals surface area contributed by atoms with E-state index in [1.54, 1.807) is 5.38 Å². The van der Waals surface area contributed by atoms with Gasteiger partial charge in [0.05, 0.1) is 11.3 Å². The lowest BCUT2D eigenvalue weighted by atomic mass is 10.2. The summed E-state index contributed by atoms with van der Waals surface area (Å²) in [5.41, 5.74) is 0.739. The van der Waals surface area contributed by atoms with Crippen molar-refractivity contribution in [2.24, 2.45) is 0 Å². The maximum atomic E-state index is 13.8. The van der Waals surface area contributed by atoms with E-state index in [0.29, 0.717) is 5.13 Å². The molecular weight excluding hydrogens is 255 g/mol. The van der Waals surface area contributed by atoms with Gasteiger partial charge < -0.3 is 5.32 Å². The number of carbonyl (C=O) groups is 1. The Morgan fingerprint density at radius 2 is 2.28 bits per heavy atom. The second kappa shape index (κ2) is 5.09. The standard InChI is InChI=1S/C11H11FN4OS/c1-6-5-18-11(15-6)16-10(17)7-3-4-14-9(13-2)8(7)12/h3-5H,1-2H3,(H,13,14)(H,15,16,17). The van der Waals surface area contributed by atoms with Crippen LogP contribution in [0.2, 0.25) is 0 Å². The van der Waals surface area contributed by atoms with Gasteiger partial charge in [-0.25, -0.2) is 14.4 Å². The number of pyridine rings is 1. The van der Waals surface area contributed by atoms with Crippen LogP contribution in [0.5, 0.6) is 0 Å². The molecular formula is C11H11FN4OS. The van der Waals surface area contributed by atoms with Crippen molar-refractivity contribution < 1.29 is 9.18 Å². The summed E-state index contributed by atoms with van der Waals surface area (Å²) < 4.78 is 13.8. The molecule has 2 rings (SSSR count). The van der Waals surface area contributed by atoms with Crippen LogP contribution in [-0.2, 0) is 0 Å². The number of anilines is 2. The molecule has 0 aliphatic carbocycles. The van der Waals surface area contributed by atoms with Gasteiger partial charge in [-0.15, -0.1) is 11.3 Å². The summed E-state index contributed by atoms with van der Waals surface area (Å²) in [6.45, 7) is 1.82. The van der Waals surface area contributed by atoms with Gasteiger partial charge in [0.15, 0.2) is 16.8 Å². The fraction of sp³-hybridized carbons (Fsp3) is 0.182. The largest absolute Gasteiger partial charge is 0.371 e. The molecule has 0 fully saturated rings. The van der Waals surface area contributed by atoms with Crippen LogP contribution in [0, 0.1) is 12.7 Å². The normalized spacial score (nSPS) is 10.2. The molecule has 18 heavy (non-hydrogen) atoms. The molecule has 2 N–H and O–H groups in total. The van der Waals surface area contributed by atoms with E-state index in [1.165, 1.54) is 30.6 Å². The average molecular weight is 266 g/mol. The van der Waals surface area contributed by atoms with Crippen LogP contribution >= 0.6 is 11.3 Å². The molecule has 7 heteroatoms. The Morgan fingerprint density at radius 3 is 2.89 bits per heavy atom. The number of aryl methyl sites for hydroxylation is 1. The van der Waals surface area contributed by atoms with Gasteiger partial charge in [0.1, 0.15) is 0 Å². The minimum absolute atomic E-state index is 0.0398. The van der Waals surface area contributed by atoms with E-state index in [0.717, 1.165) is 5.69 Å². The predicted octanol–water partition coefficient (Wildman–Crippen LogP) is 2.28. The summed E-state index contributed by atoms with van der Waals surface area (Å²) >= 11 is 1.29. The SMILES string of the molecule is CNc1nccc(C(=O)Nc2nc(C)cs2)c1F. The Bertz CT molecular complexity index is 584. The van der Waals surface area contributed by atoms with Crippen molar-refractivity contribution in [2.75, 3.05) is 17.7 Å². The Morgan fingerprint density at radius 1 is 1.50 bits per heavy atom. The number of nitrogens with one attached hydrogen (secondary N) is 2. The molecule has 2 aromatic rings. The highest BCUT2D eigenvalue weighted by Crippen LogP contribution is 2.18. The van der Waals surface area contributed by atoms with Crippen molar-refractivity contribution in [1.29, 1.82) is 0 Å². The maximum Gasteiger partial charge on any atom is 0.260 e. The van der Waals surface area contributed by atoms with Gasteiger partial charge in [-0.05, 0) is 13.0 Å². The molecule has 94 valence electrons. The monoisotopic (exact) mass is 266 g/mol. The van der Waals surface area contributed by atoms with Gasteiger partial charge in [0.2, 0.25) is 0 Å². The number of thiazole rings is 1. The van der Waals surface area contributed by atoms with Crippen LogP contribution < -0.4 is 10.6 Å². The zero-order valence-electron chi connectivity index (χ0n) is 9.82. The summed E-state index contributed by atoms with van der Waals surface area (Å²) in [7, 11) is 1.54. The van der Waals surface area contributed by atoms with E-state index in [-0.39, 0.29) is 11.4 Å². The van der Waals surface area contributed by atoms with Crippen molar-refractivity contribution in [2.45, 2.75) is 6.92 Å². The summed E-state index contributed by atoms with van der Waals surface area (Å²) in [5.74, 6) is -1.18. The summed E-state index contributed by atoms with van der Waals surface area (Å²) in [6, 6.07) is 1.33. The number of hydrogen-bond acceptors (Lipinski definition) is 5. The average Bonchev–Trinajstić information content (AvgIpc) is 2.75. The fourth-order valence-corrected chi connectivity index (χ4v) is 2.05. The summed E-state index contributed by atoms with van der Waals surface area (Å²) in [6.07, 6.45) is 1.37. The number of halogens is 1. The number of hydrogen-bond donors (Lipinski definition) is 2. The predicted molar refractivity (Wildman–Crippen MR) is 68.5 cm³/mol. The molecule has 0 aliphatic heterocycles. The first-order chi connectivity index (χ1) is 8.61. The van der Waals surface area contributed by atoms with Crippen LogP contribution in [0.25, 0.3) is 0 Å². The highest BCUT2D eigenvalue weighted by Gasteiger charge is 2.16. The quantitative estimate of drug-likeness (QED) is 0.894. The van der Waals surface area contributed by atoms with E-state index in [9.17, 15) is 9.18 Å². The lowest BCUT2D eigenvalue weighted by molar-refractivity contribution is 0.102. The van der Waals surface area contributed by atoms with Gasteiger partial charge in [-0.2, -0.15) is 0 Å². The summed E-state index contributed by atoms with van der Waals surface area (Å²) in [4.78, 5) is 19.7. The molecule has 0 aromatic carbocycles. The van der Waals surface area contributed by atoms with Crippen LogP contribution in [0.4, 0.5) is 15.3 Å². The third-order valence-corrected chi connectivity index (χ3v) is 3.09. The third kappa shape index (κ3) is 2.45. The van der Waals surface area contributed by atoms with Gasteiger partial charge in [0, 0.05) is 18.6 Å². The smallest absolute Gasteiger partial charge is 0.260 e. The number of rotatable bonds is 3. The van der Waals surface area contributed by atoms with Crippen molar-refractivity contribution in [3.05, 3.63) is 34.7 Å². The first kappa shape index (κ1) is 12.4. The van der Waals surface area contributed by atoms with E-state index < -0.39 is 11.7 Å². The van der Waals surface area contributed by atoms with Crippen LogP contribution in [-0.4, -0.2) is 22.9 Å². The second-order valence-corrected chi connectivity index (χ2v) is 4.38. The molecule has 2 aromatic heterocycles. The van der Waals surface area contributed by atoms with Gasteiger partial charge in [-0.1, -0.05) is 0 Å². The molecule has 0 bridgehead atoms. The van der Waals surface area contributed by atoms with Crippen molar-refractivity contribution in [3.8, 4) is 0 Å². The van der Waals surface area contributed by atoms with Gasteiger partial charge in [-0.3, -0.25) is 10.1 Å². The molecule has 2 heterocycles.